The molecule has 0 spiro atoms. The average molecular weight is 311 g/mol. The second kappa shape index (κ2) is 4.43. The molecule has 0 N–H and O–H groups in total. The van der Waals surface area contributed by atoms with Crippen LogP contribution in [0.3, 0.4) is 0 Å². The van der Waals surface area contributed by atoms with Gasteiger partial charge in [0, 0.05) is 15.4 Å². The number of furan rings is 1. The molecule has 3 nitrogen and oxygen atoms in total. The molecule has 0 amide bonds. The van der Waals surface area contributed by atoms with Crippen molar-refractivity contribution in [1.82, 2.24) is 0 Å². The summed E-state index contributed by atoms with van der Waals surface area (Å²) < 4.78 is 11.8. The molecular weight excluding hydrogens is 296 g/mol. The van der Waals surface area contributed by atoms with Crippen molar-refractivity contribution in [3.63, 3.8) is 0 Å². The Morgan fingerprint density at radius 3 is 2.61 bits per heavy atom. The van der Waals surface area contributed by atoms with Gasteiger partial charge in [0.1, 0.15) is 11.2 Å². The normalized spacial score (nSPS) is 11.8. The molecule has 0 bridgehead atoms. The van der Waals surface area contributed by atoms with Crippen LogP contribution in [0.4, 0.5) is 0 Å². The van der Waals surface area contributed by atoms with Gasteiger partial charge < -0.3 is 9.15 Å². The van der Waals surface area contributed by atoms with Crippen LogP contribution in [0.2, 0.25) is 0 Å². The van der Waals surface area contributed by atoms with Gasteiger partial charge in [0.15, 0.2) is 0 Å². The average Bonchev–Trinajstić information content (AvgIpc) is 2.54. The number of aryl methyl sites for hydroxylation is 1. The SMILES string of the molecule is Cc1c(C(=O)OC(C)(C)C)oc2ccc(Br)cc12. The Balaban J connectivity index is 2.46. The van der Waals surface area contributed by atoms with Crippen LogP contribution in [-0.2, 0) is 4.74 Å². The highest BCUT2D eigenvalue weighted by Crippen LogP contribution is 2.29. The van der Waals surface area contributed by atoms with Crippen molar-refractivity contribution < 1.29 is 13.9 Å². The third kappa shape index (κ3) is 2.58. The first-order valence-corrected chi connectivity index (χ1v) is 6.49. The fourth-order valence-electron chi connectivity index (χ4n) is 1.71. The highest BCUT2D eigenvalue weighted by molar-refractivity contribution is 9.10. The molecule has 2 aromatic rings. The molecule has 0 aliphatic carbocycles. The predicted octanol–water partition coefficient (Wildman–Crippen LogP) is 4.46. The molecule has 0 atom stereocenters. The molecule has 0 aliphatic heterocycles. The van der Waals surface area contributed by atoms with Gasteiger partial charge in [-0.25, -0.2) is 4.79 Å². The number of fused-ring (bicyclic) bond motifs is 1. The summed E-state index contributed by atoms with van der Waals surface area (Å²) in [6, 6.07) is 5.65. The zero-order valence-corrected chi connectivity index (χ0v) is 12.4. The Kier molecular flexibility index (Phi) is 3.23. The predicted molar refractivity (Wildman–Crippen MR) is 73.8 cm³/mol. The fraction of sp³-hybridized carbons (Fsp3) is 0.357. The Morgan fingerprint density at radius 2 is 2.00 bits per heavy atom. The van der Waals surface area contributed by atoms with E-state index in [1.165, 1.54) is 0 Å². The molecule has 0 aliphatic rings. The molecule has 4 heteroatoms. The van der Waals surface area contributed by atoms with E-state index < -0.39 is 11.6 Å². The van der Waals surface area contributed by atoms with E-state index in [4.69, 9.17) is 9.15 Å². The minimum absolute atomic E-state index is 0.276. The minimum Gasteiger partial charge on any atom is -0.454 e. The van der Waals surface area contributed by atoms with Crippen molar-refractivity contribution >= 4 is 32.9 Å². The Morgan fingerprint density at radius 1 is 1.33 bits per heavy atom. The van der Waals surface area contributed by atoms with Crippen molar-refractivity contribution in [1.29, 1.82) is 0 Å². The van der Waals surface area contributed by atoms with Gasteiger partial charge in [-0.15, -0.1) is 0 Å². The summed E-state index contributed by atoms with van der Waals surface area (Å²) in [5.74, 6) is -0.148. The van der Waals surface area contributed by atoms with Crippen molar-refractivity contribution in [3.8, 4) is 0 Å². The van der Waals surface area contributed by atoms with E-state index in [1.807, 2.05) is 45.9 Å². The summed E-state index contributed by atoms with van der Waals surface area (Å²) in [5, 5.41) is 0.922. The molecule has 18 heavy (non-hydrogen) atoms. The maximum Gasteiger partial charge on any atom is 0.375 e. The summed E-state index contributed by atoms with van der Waals surface area (Å²) in [6.45, 7) is 7.36. The van der Waals surface area contributed by atoms with Crippen molar-refractivity contribution in [3.05, 3.63) is 34.0 Å². The monoisotopic (exact) mass is 310 g/mol. The van der Waals surface area contributed by atoms with Gasteiger partial charge in [-0.1, -0.05) is 15.9 Å². The Labute approximate surface area is 114 Å². The van der Waals surface area contributed by atoms with E-state index in [-0.39, 0.29) is 5.76 Å². The largest absolute Gasteiger partial charge is 0.454 e. The van der Waals surface area contributed by atoms with Crippen LogP contribution in [-0.4, -0.2) is 11.6 Å². The number of benzene rings is 1. The lowest BCUT2D eigenvalue weighted by Crippen LogP contribution is -2.23. The summed E-state index contributed by atoms with van der Waals surface area (Å²) in [7, 11) is 0. The molecule has 1 aromatic carbocycles. The number of rotatable bonds is 1. The maximum atomic E-state index is 12.0. The molecule has 0 fully saturated rings. The van der Waals surface area contributed by atoms with Gasteiger partial charge in [0.05, 0.1) is 0 Å². The van der Waals surface area contributed by atoms with Crippen LogP contribution >= 0.6 is 15.9 Å². The van der Waals surface area contributed by atoms with E-state index in [0.29, 0.717) is 5.58 Å². The fourth-order valence-corrected chi connectivity index (χ4v) is 2.07. The topological polar surface area (TPSA) is 39.4 Å². The zero-order chi connectivity index (χ0) is 13.5. The van der Waals surface area contributed by atoms with E-state index in [2.05, 4.69) is 15.9 Å². The quantitative estimate of drug-likeness (QED) is 0.730. The van der Waals surface area contributed by atoms with E-state index in [0.717, 1.165) is 15.4 Å². The van der Waals surface area contributed by atoms with Crippen molar-refractivity contribution in [2.45, 2.75) is 33.3 Å². The minimum atomic E-state index is -0.525. The first-order chi connectivity index (χ1) is 8.28. The molecule has 2 rings (SSSR count). The molecule has 0 saturated heterocycles. The molecule has 1 aromatic heterocycles. The van der Waals surface area contributed by atoms with E-state index in [9.17, 15) is 4.79 Å². The van der Waals surface area contributed by atoms with Crippen LogP contribution in [0.5, 0.6) is 0 Å². The lowest BCUT2D eigenvalue weighted by atomic mass is 10.1. The first kappa shape index (κ1) is 13.1. The number of esters is 1. The third-order valence-corrected chi connectivity index (χ3v) is 2.98. The first-order valence-electron chi connectivity index (χ1n) is 5.70. The number of hydrogen-bond donors (Lipinski definition) is 0. The van der Waals surface area contributed by atoms with Gasteiger partial charge in [0.2, 0.25) is 5.76 Å². The number of hydrogen-bond acceptors (Lipinski definition) is 3. The summed E-state index contributed by atoms with van der Waals surface area (Å²) >= 11 is 3.40. The van der Waals surface area contributed by atoms with Gasteiger partial charge in [0.25, 0.3) is 0 Å². The molecule has 96 valence electrons. The maximum absolute atomic E-state index is 12.0. The molecule has 0 radical (unpaired) electrons. The Bertz CT molecular complexity index is 605. The second-order valence-corrected chi connectivity index (χ2v) is 6.11. The third-order valence-electron chi connectivity index (χ3n) is 2.48. The van der Waals surface area contributed by atoms with Crippen molar-refractivity contribution in [2.24, 2.45) is 0 Å². The Hall–Kier alpha value is -1.29. The highest BCUT2D eigenvalue weighted by atomic mass is 79.9. The summed E-state index contributed by atoms with van der Waals surface area (Å²) in [6.07, 6.45) is 0. The molecular formula is C14H15BrO3. The van der Waals surface area contributed by atoms with Crippen LogP contribution < -0.4 is 0 Å². The van der Waals surface area contributed by atoms with Crippen LogP contribution in [0.15, 0.2) is 27.1 Å². The molecule has 0 unspecified atom stereocenters. The number of carbonyl (C=O) groups is 1. The van der Waals surface area contributed by atoms with E-state index in [1.54, 1.807) is 0 Å². The number of halogens is 1. The highest BCUT2D eigenvalue weighted by Gasteiger charge is 2.24. The van der Waals surface area contributed by atoms with Gasteiger partial charge in [-0.2, -0.15) is 0 Å². The summed E-state index contributed by atoms with van der Waals surface area (Å²) in [4.78, 5) is 12.0. The zero-order valence-electron chi connectivity index (χ0n) is 10.8. The van der Waals surface area contributed by atoms with Gasteiger partial charge >= 0.3 is 5.97 Å². The summed E-state index contributed by atoms with van der Waals surface area (Å²) in [5.41, 5.74) is 0.973. The van der Waals surface area contributed by atoms with Crippen LogP contribution in [0, 0.1) is 6.92 Å². The lowest BCUT2D eigenvalue weighted by Gasteiger charge is -2.18. The second-order valence-electron chi connectivity index (χ2n) is 5.20. The van der Waals surface area contributed by atoms with Crippen molar-refractivity contribution in [2.75, 3.05) is 0 Å². The lowest BCUT2D eigenvalue weighted by molar-refractivity contribution is 0.00372. The van der Waals surface area contributed by atoms with Crippen LogP contribution in [0.1, 0.15) is 36.9 Å². The molecule has 0 saturated carbocycles. The number of ether oxygens (including phenoxy) is 1. The van der Waals surface area contributed by atoms with Gasteiger partial charge in [-0.3, -0.25) is 0 Å². The standard InChI is InChI=1S/C14H15BrO3/c1-8-10-7-9(15)5-6-11(10)17-12(8)13(16)18-14(2,3)4/h5-7H,1-4H3. The van der Waals surface area contributed by atoms with E-state index >= 15 is 0 Å². The smallest absolute Gasteiger partial charge is 0.375 e. The molecule has 1 heterocycles. The van der Waals surface area contributed by atoms with Crippen LogP contribution in [0.25, 0.3) is 11.0 Å². The van der Waals surface area contributed by atoms with Gasteiger partial charge in [-0.05, 0) is 45.9 Å². The number of carbonyl (C=O) groups excluding carboxylic acids is 1.